The van der Waals surface area contributed by atoms with Crippen LogP contribution in [-0.2, 0) is 11.4 Å². The molecule has 0 atom stereocenters. The van der Waals surface area contributed by atoms with E-state index in [2.05, 4.69) is 0 Å². The second kappa shape index (κ2) is 8.12. The van der Waals surface area contributed by atoms with Crippen molar-refractivity contribution in [3.05, 3.63) is 95.8 Å². The van der Waals surface area contributed by atoms with E-state index in [1.165, 1.54) is 18.2 Å². The molecule has 0 bridgehead atoms. The standard InChI is InChI=1S/C22H18FNO2/c23-19-8-4-7-18(13-19)21-14-20(11-9-17(21)10-12-22(24)25)26-15-16-5-2-1-3-6-16/h1-14H,15H2,(H2,24,25)/b12-10+. The van der Waals surface area contributed by atoms with Crippen molar-refractivity contribution in [1.82, 2.24) is 0 Å². The minimum Gasteiger partial charge on any atom is -0.489 e. The summed E-state index contributed by atoms with van der Waals surface area (Å²) in [7, 11) is 0. The largest absolute Gasteiger partial charge is 0.489 e. The van der Waals surface area contributed by atoms with Crippen LogP contribution in [0, 0.1) is 5.82 Å². The number of primary amides is 1. The molecule has 0 radical (unpaired) electrons. The number of carbonyl (C=O) groups excluding carboxylic acids is 1. The van der Waals surface area contributed by atoms with Crippen molar-refractivity contribution in [3.8, 4) is 16.9 Å². The van der Waals surface area contributed by atoms with E-state index in [4.69, 9.17) is 10.5 Å². The van der Waals surface area contributed by atoms with Gasteiger partial charge in [0, 0.05) is 6.08 Å². The van der Waals surface area contributed by atoms with Gasteiger partial charge in [0.05, 0.1) is 0 Å². The molecule has 1 amide bonds. The summed E-state index contributed by atoms with van der Waals surface area (Å²) in [6.07, 6.45) is 2.90. The number of carbonyl (C=O) groups is 1. The molecule has 0 saturated heterocycles. The number of nitrogens with two attached hydrogens (primary N) is 1. The summed E-state index contributed by atoms with van der Waals surface area (Å²) in [6, 6.07) is 21.6. The number of hydrogen-bond donors (Lipinski definition) is 1. The lowest BCUT2D eigenvalue weighted by Gasteiger charge is -2.11. The molecule has 0 saturated carbocycles. The highest BCUT2D eigenvalue weighted by Crippen LogP contribution is 2.30. The second-order valence-electron chi connectivity index (χ2n) is 5.77. The Hall–Kier alpha value is -3.40. The van der Waals surface area contributed by atoms with Crippen molar-refractivity contribution >= 4 is 12.0 Å². The summed E-state index contributed by atoms with van der Waals surface area (Å²) < 4.78 is 19.5. The molecule has 0 aliphatic rings. The van der Waals surface area contributed by atoms with E-state index in [-0.39, 0.29) is 5.82 Å². The van der Waals surface area contributed by atoms with Gasteiger partial charge < -0.3 is 10.5 Å². The van der Waals surface area contributed by atoms with Crippen LogP contribution in [0.5, 0.6) is 5.75 Å². The van der Waals surface area contributed by atoms with Gasteiger partial charge in [-0.1, -0.05) is 48.5 Å². The lowest BCUT2D eigenvalue weighted by atomic mass is 9.98. The summed E-state index contributed by atoms with van der Waals surface area (Å²) in [5, 5.41) is 0. The van der Waals surface area contributed by atoms with Crippen LogP contribution in [0.4, 0.5) is 4.39 Å². The summed E-state index contributed by atoms with van der Waals surface area (Å²) in [4.78, 5) is 11.1. The summed E-state index contributed by atoms with van der Waals surface area (Å²) in [5.41, 5.74) is 8.44. The zero-order valence-electron chi connectivity index (χ0n) is 14.1. The van der Waals surface area contributed by atoms with Gasteiger partial charge in [-0.2, -0.15) is 0 Å². The van der Waals surface area contributed by atoms with E-state index < -0.39 is 5.91 Å². The van der Waals surface area contributed by atoms with Crippen LogP contribution in [0.3, 0.4) is 0 Å². The Morgan fingerprint density at radius 3 is 2.54 bits per heavy atom. The number of amides is 1. The van der Waals surface area contributed by atoms with Gasteiger partial charge in [0.15, 0.2) is 0 Å². The molecule has 0 aliphatic carbocycles. The number of benzene rings is 3. The Balaban J connectivity index is 1.93. The maximum atomic E-state index is 13.6. The lowest BCUT2D eigenvalue weighted by molar-refractivity contribution is -0.113. The fourth-order valence-electron chi connectivity index (χ4n) is 2.59. The minimum absolute atomic E-state index is 0.331. The van der Waals surface area contributed by atoms with E-state index in [9.17, 15) is 9.18 Å². The highest BCUT2D eigenvalue weighted by Gasteiger charge is 2.07. The Bertz CT molecular complexity index is 936. The van der Waals surface area contributed by atoms with E-state index in [1.807, 2.05) is 48.5 Å². The zero-order chi connectivity index (χ0) is 18.4. The van der Waals surface area contributed by atoms with Crippen LogP contribution >= 0.6 is 0 Å². The zero-order valence-corrected chi connectivity index (χ0v) is 14.1. The molecule has 3 nitrogen and oxygen atoms in total. The first-order valence-electron chi connectivity index (χ1n) is 8.16. The lowest BCUT2D eigenvalue weighted by Crippen LogP contribution is -2.05. The Morgan fingerprint density at radius 1 is 1.00 bits per heavy atom. The molecule has 4 heteroatoms. The maximum absolute atomic E-state index is 13.6. The van der Waals surface area contributed by atoms with E-state index in [0.29, 0.717) is 17.9 Å². The quantitative estimate of drug-likeness (QED) is 0.664. The first kappa shape index (κ1) is 17.4. The second-order valence-corrected chi connectivity index (χ2v) is 5.77. The molecule has 3 aromatic carbocycles. The Morgan fingerprint density at radius 2 is 1.81 bits per heavy atom. The third-order valence-corrected chi connectivity index (χ3v) is 3.84. The molecular weight excluding hydrogens is 329 g/mol. The predicted molar refractivity (Wildman–Crippen MR) is 101 cm³/mol. The van der Waals surface area contributed by atoms with Gasteiger partial charge in [-0.15, -0.1) is 0 Å². The van der Waals surface area contributed by atoms with Crippen molar-refractivity contribution in [1.29, 1.82) is 0 Å². The van der Waals surface area contributed by atoms with Gasteiger partial charge in [0.25, 0.3) is 0 Å². The third-order valence-electron chi connectivity index (χ3n) is 3.84. The van der Waals surface area contributed by atoms with Crippen LogP contribution < -0.4 is 10.5 Å². The van der Waals surface area contributed by atoms with Crippen LogP contribution in [0.2, 0.25) is 0 Å². The van der Waals surface area contributed by atoms with Gasteiger partial charge >= 0.3 is 0 Å². The predicted octanol–water partition coefficient (Wildman–Crippen LogP) is 4.57. The molecule has 0 fully saturated rings. The van der Waals surface area contributed by atoms with E-state index in [0.717, 1.165) is 16.7 Å². The molecule has 2 N–H and O–H groups in total. The van der Waals surface area contributed by atoms with Gasteiger partial charge in [0.2, 0.25) is 5.91 Å². The monoisotopic (exact) mass is 347 g/mol. The average molecular weight is 347 g/mol. The SMILES string of the molecule is NC(=O)/C=C/c1ccc(OCc2ccccc2)cc1-c1cccc(F)c1. The van der Waals surface area contributed by atoms with Crippen molar-refractivity contribution in [2.45, 2.75) is 6.61 Å². The van der Waals surface area contributed by atoms with Gasteiger partial charge in [-0.05, 0) is 52.6 Å². The maximum Gasteiger partial charge on any atom is 0.241 e. The molecule has 0 unspecified atom stereocenters. The van der Waals surface area contributed by atoms with Gasteiger partial charge in [-0.3, -0.25) is 4.79 Å². The first-order valence-corrected chi connectivity index (χ1v) is 8.16. The highest BCUT2D eigenvalue weighted by atomic mass is 19.1. The summed E-state index contributed by atoms with van der Waals surface area (Å²) in [5.74, 6) is -0.216. The molecule has 0 aromatic heterocycles. The Kier molecular flexibility index (Phi) is 5.44. The highest BCUT2D eigenvalue weighted by molar-refractivity contribution is 5.92. The third kappa shape index (κ3) is 4.57. The van der Waals surface area contributed by atoms with Crippen LogP contribution in [0.15, 0.2) is 78.9 Å². The summed E-state index contributed by atoms with van der Waals surface area (Å²) >= 11 is 0. The van der Waals surface area contributed by atoms with Gasteiger partial charge in [0.1, 0.15) is 18.2 Å². The van der Waals surface area contributed by atoms with E-state index in [1.54, 1.807) is 18.2 Å². The minimum atomic E-state index is -0.542. The van der Waals surface area contributed by atoms with Crippen LogP contribution in [0.25, 0.3) is 17.2 Å². The smallest absolute Gasteiger partial charge is 0.241 e. The van der Waals surface area contributed by atoms with E-state index >= 15 is 0 Å². The van der Waals surface area contributed by atoms with Gasteiger partial charge in [-0.25, -0.2) is 4.39 Å². The summed E-state index contributed by atoms with van der Waals surface area (Å²) in [6.45, 7) is 0.430. The topological polar surface area (TPSA) is 52.3 Å². The molecular formula is C22H18FNO2. The number of halogens is 1. The number of hydrogen-bond acceptors (Lipinski definition) is 2. The fraction of sp³-hybridized carbons (Fsp3) is 0.0455. The molecule has 0 aliphatic heterocycles. The fourth-order valence-corrected chi connectivity index (χ4v) is 2.59. The first-order chi connectivity index (χ1) is 12.6. The van der Waals surface area contributed by atoms with Crippen molar-refractivity contribution in [3.63, 3.8) is 0 Å². The molecule has 26 heavy (non-hydrogen) atoms. The average Bonchev–Trinajstić information content (AvgIpc) is 2.66. The molecule has 3 aromatic rings. The van der Waals surface area contributed by atoms with Crippen LogP contribution in [-0.4, -0.2) is 5.91 Å². The number of ether oxygens (including phenoxy) is 1. The number of rotatable bonds is 6. The van der Waals surface area contributed by atoms with Crippen molar-refractivity contribution in [2.75, 3.05) is 0 Å². The van der Waals surface area contributed by atoms with Crippen molar-refractivity contribution in [2.24, 2.45) is 5.73 Å². The molecule has 130 valence electrons. The normalized spacial score (nSPS) is 10.8. The molecule has 0 spiro atoms. The van der Waals surface area contributed by atoms with Crippen molar-refractivity contribution < 1.29 is 13.9 Å². The Labute approximate surface area is 151 Å². The molecule has 0 heterocycles. The molecule has 3 rings (SSSR count). The van der Waals surface area contributed by atoms with Crippen LogP contribution in [0.1, 0.15) is 11.1 Å².